The van der Waals surface area contributed by atoms with Gasteiger partial charge >= 0.3 is 0 Å². The van der Waals surface area contributed by atoms with Crippen molar-refractivity contribution in [3.05, 3.63) is 22.9 Å². The fourth-order valence-electron chi connectivity index (χ4n) is 0.877. The lowest BCUT2D eigenvalue weighted by Crippen LogP contribution is -2.28. The first-order valence-corrected chi connectivity index (χ1v) is 4.69. The zero-order valence-electron chi connectivity index (χ0n) is 7.63. The predicted molar refractivity (Wildman–Crippen MR) is 58.5 cm³/mol. The van der Waals surface area contributed by atoms with Crippen LogP contribution in [-0.4, -0.2) is 10.5 Å². The average molecular weight is 239 g/mol. The van der Waals surface area contributed by atoms with Crippen LogP contribution in [0.2, 0.25) is 0 Å². The molecule has 2 nitrogen and oxygen atoms in total. The van der Waals surface area contributed by atoms with E-state index in [1.54, 1.807) is 12.4 Å². The van der Waals surface area contributed by atoms with Crippen molar-refractivity contribution in [2.24, 2.45) is 0 Å². The molecule has 1 N–H and O–H groups in total. The smallest absolute Gasteiger partial charge is 0.0927 e. The Kier molecular flexibility index (Phi) is 2.94. The van der Waals surface area contributed by atoms with Crippen LogP contribution >= 0.6 is 15.9 Å². The van der Waals surface area contributed by atoms with Crippen molar-refractivity contribution < 1.29 is 0 Å². The maximum Gasteiger partial charge on any atom is 0.0927 e. The largest absolute Gasteiger partial charge is 0.368 e. The van der Waals surface area contributed by atoms with Gasteiger partial charge in [0.2, 0.25) is 0 Å². The molecule has 13 heavy (non-hydrogen) atoms. The van der Waals surface area contributed by atoms with Gasteiger partial charge in [0.1, 0.15) is 0 Å². The van der Waals surface area contributed by atoms with Crippen LogP contribution in [-0.2, 0) is 0 Å². The highest BCUT2D eigenvalue weighted by atomic mass is 79.9. The van der Waals surface area contributed by atoms with Gasteiger partial charge in [0.05, 0.1) is 17.4 Å². The van der Waals surface area contributed by atoms with Crippen molar-refractivity contribution in [3.63, 3.8) is 0 Å². The number of anilines is 1. The fourth-order valence-corrected chi connectivity index (χ4v) is 1.24. The van der Waals surface area contributed by atoms with Crippen molar-refractivity contribution in [1.82, 2.24) is 4.98 Å². The summed E-state index contributed by atoms with van der Waals surface area (Å²) in [6.45, 7) is 3.88. The molecule has 0 atom stereocenters. The van der Waals surface area contributed by atoms with E-state index in [0.29, 0.717) is 0 Å². The first kappa shape index (κ1) is 10.1. The van der Waals surface area contributed by atoms with E-state index in [9.17, 15) is 0 Å². The van der Waals surface area contributed by atoms with Gasteiger partial charge in [-0.3, -0.25) is 4.98 Å². The van der Waals surface area contributed by atoms with Gasteiger partial charge in [0.15, 0.2) is 0 Å². The Morgan fingerprint density at radius 1 is 1.54 bits per heavy atom. The second kappa shape index (κ2) is 3.80. The molecule has 0 aromatic carbocycles. The Balaban J connectivity index is 2.82. The molecular weight excluding hydrogens is 228 g/mol. The third-order valence-corrected chi connectivity index (χ3v) is 1.96. The molecule has 1 aromatic heterocycles. The molecule has 0 bridgehead atoms. The lowest BCUT2D eigenvalue weighted by molar-refractivity contribution is 0.741. The highest BCUT2D eigenvalue weighted by Gasteiger charge is 2.12. The van der Waals surface area contributed by atoms with Crippen LogP contribution in [0, 0.1) is 12.3 Å². The molecule has 0 aliphatic heterocycles. The maximum atomic E-state index is 5.35. The van der Waals surface area contributed by atoms with Crippen LogP contribution in [0.15, 0.2) is 22.9 Å². The van der Waals surface area contributed by atoms with Crippen LogP contribution in [0.1, 0.15) is 13.8 Å². The molecule has 1 rings (SSSR count). The van der Waals surface area contributed by atoms with Gasteiger partial charge in [-0.05, 0) is 35.8 Å². The lowest BCUT2D eigenvalue weighted by atomic mass is 10.1. The molecule has 0 saturated heterocycles. The van der Waals surface area contributed by atoms with Crippen molar-refractivity contribution >= 4 is 21.6 Å². The van der Waals surface area contributed by atoms with Crippen LogP contribution in [0.4, 0.5) is 5.69 Å². The van der Waals surface area contributed by atoms with Gasteiger partial charge in [0.25, 0.3) is 0 Å². The van der Waals surface area contributed by atoms with Gasteiger partial charge in [-0.2, -0.15) is 0 Å². The molecule has 0 aliphatic carbocycles. The summed E-state index contributed by atoms with van der Waals surface area (Å²) < 4.78 is 0.935. The SMILES string of the molecule is C#CC(C)(C)Nc1cncc(Br)c1. The summed E-state index contributed by atoms with van der Waals surface area (Å²) >= 11 is 3.34. The minimum Gasteiger partial charge on any atom is -0.368 e. The molecule has 1 aromatic rings. The standard InChI is InChI=1S/C10H11BrN2/c1-4-10(2,3)13-9-5-8(11)6-12-7-9/h1,5-7,13H,2-3H3. The lowest BCUT2D eigenvalue weighted by Gasteiger charge is -2.20. The monoisotopic (exact) mass is 238 g/mol. The second-order valence-electron chi connectivity index (χ2n) is 3.29. The van der Waals surface area contributed by atoms with Crippen LogP contribution in [0.25, 0.3) is 0 Å². The minimum absolute atomic E-state index is 0.345. The number of aromatic nitrogens is 1. The number of nitrogens with one attached hydrogen (secondary N) is 1. The summed E-state index contributed by atoms with van der Waals surface area (Å²) in [5.41, 5.74) is 0.569. The normalized spacial score (nSPS) is 10.6. The molecule has 0 amide bonds. The molecule has 1 heterocycles. The summed E-state index contributed by atoms with van der Waals surface area (Å²) in [5, 5.41) is 3.18. The molecule has 68 valence electrons. The van der Waals surface area contributed by atoms with E-state index in [1.165, 1.54) is 0 Å². The molecule has 0 saturated carbocycles. The van der Waals surface area contributed by atoms with E-state index < -0.39 is 0 Å². The van der Waals surface area contributed by atoms with E-state index in [-0.39, 0.29) is 5.54 Å². The zero-order valence-corrected chi connectivity index (χ0v) is 9.22. The first-order chi connectivity index (χ1) is 6.03. The predicted octanol–water partition coefficient (Wildman–Crippen LogP) is 2.67. The quantitative estimate of drug-likeness (QED) is 0.802. The van der Waals surface area contributed by atoms with Gasteiger partial charge in [0, 0.05) is 10.7 Å². The van der Waals surface area contributed by atoms with Crippen LogP contribution in [0.3, 0.4) is 0 Å². The highest BCUT2D eigenvalue weighted by molar-refractivity contribution is 9.10. The van der Waals surface area contributed by atoms with Gasteiger partial charge in [-0.25, -0.2) is 0 Å². The Labute approximate surface area is 86.9 Å². The van der Waals surface area contributed by atoms with Crippen molar-refractivity contribution in [2.45, 2.75) is 19.4 Å². The molecular formula is C10H11BrN2. The number of rotatable bonds is 2. The maximum absolute atomic E-state index is 5.35. The summed E-state index contributed by atoms with van der Waals surface area (Å²) in [5.74, 6) is 2.66. The summed E-state index contributed by atoms with van der Waals surface area (Å²) in [7, 11) is 0. The third-order valence-electron chi connectivity index (χ3n) is 1.52. The Morgan fingerprint density at radius 2 is 2.23 bits per heavy atom. The number of hydrogen-bond acceptors (Lipinski definition) is 2. The van der Waals surface area contributed by atoms with Gasteiger partial charge in [-0.1, -0.05) is 5.92 Å². The van der Waals surface area contributed by atoms with E-state index in [4.69, 9.17) is 6.42 Å². The summed E-state index contributed by atoms with van der Waals surface area (Å²) in [6, 6.07) is 1.94. The van der Waals surface area contributed by atoms with Gasteiger partial charge in [-0.15, -0.1) is 6.42 Å². The highest BCUT2D eigenvalue weighted by Crippen LogP contribution is 2.17. The molecule has 0 radical (unpaired) electrons. The number of hydrogen-bond donors (Lipinski definition) is 1. The van der Waals surface area contributed by atoms with Crippen LogP contribution < -0.4 is 5.32 Å². The summed E-state index contributed by atoms with van der Waals surface area (Å²) in [6.07, 6.45) is 8.82. The van der Waals surface area contributed by atoms with Gasteiger partial charge < -0.3 is 5.32 Å². The van der Waals surface area contributed by atoms with Crippen molar-refractivity contribution in [1.29, 1.82) is 0 Å². The fraction of sp³-hybridized carbons (Fsp3) is 0.300. The van der Waals surface area contributed by atoms with Crippen molar-refractivity contribution in [3.8, 4) is 12.3 Å². The molecule has 3 heteroatoms. The van der Waals surface area contributed by atoms with E-state index in [2.05, 4.69) is 32.2 Å². The van der Waals surface area contributed by atoms with Crippen molar-refractivity contribution in [2.75, 3.05) is 5.32 Å². The Bertz CT molecular complexity index is 339. The van der Waals surface area contributed by atoms with E-state index >= 15 is 0 Å². The molecule has 0 spiro atoms. The van der Waals surface area contributed by atoms with Crippen LogP contribution in [0.5, 0.6) is 0 Å². The second-order valence-corrected chi connectivity index (χ2v) is 4.20. The number of nitrogens with zero attached hydrogens (tertiary/aromatic N) is 1. The third kappa shape index (κ3) is 3.08. The van der Waals surface area contributed by atoms with E-state index in [1.807, 2.05) is 19.9 Å². The van der Waals surface area contributed by atoms with E-state index in [0.717, 1.165) is 10.2 Å². The average Bonchev–Trinajstić information content (AvgIpc) is 2.03. The number of terminal acetylenes is 1. The first-order valence-electron chi connectivity index (χ1n) is 3.90. The minimum atomic E-state index is -0.345. The summed E-state index contributed by atoms with van der Waals surface area (Å²) in [4.78, 5) is 4.02. The number of pyridine rings is 1. The Hall–Kier alpha value is -1.01. The molecule has 0 fully saturated rings. The zero-order chi connectivity index (χ0) is 9.90. The topological polar surface area (TPSA) is 24.9 Å². The Morgan fingerprint density at radius 3 is 2.77 bits per heavy atom. The molecule has 0 aliphatic rings. The number of halogens is 1. The molecule has 0 unspecified atom stereocenters.